The van der Waals surface area contributed by atoms with E-state index in [9.17, 15) is 0 Å². The molecule has 6 heteroatoms. The number of fused-ring (bicyclic) bond motifs is 6. The van der Waals surface area contributed by atoms with Crippen LogP contribution in [-0.2, 0) is 64.5 Å². The molecule has 4 aliphatic carbocycles. The van der Waals surface area contributed by atoms with Gasteiger partial charge in [-0.1, -0.05) is 155 Å². The molecule has 2 radical (unpaired) electrons. The van der Waals surface area contributed by atoms with E-state index in [0.29, 0.717) is 19.0 Å². The third kappa shape index (κ3) is 16.9. The molecule has 282 valence electrons. The number of hydrogen-bond donors (Lipinski definition) is 0. The molecule has 0 amide bonds. The topological polar surface area (TPSA) is 0 Å². The van der Waals surface area contributed by atoms with Gasteiger partial charge in [0.25, 0.3) is 0 Å². The summed E-state index contributed by atoms with van der Waals surface area (Å²) in [6, 6.07) is 57.4. The van der Waals surface area contributed by atoms with E-state index in [1.54, 1.807) is 0 Å². The van der Waals surface area contributed by atoms with Crippen LogP contribution in [0.5, 0.6) is 0 Å². The van der Waals surface area contributed by atoms with Crippen LogP contribution in [0.15, 0.2) is 182 Å². The molecule has 0 heterocycles. The summed E-state index contributed by atoms with van der Waals surface area (Å²) in [6.07, 6.45) is 22.1. The van der Waals surface area contributed by atoms with Crippen molar-refractivity contribution >= 4 is 29.4 Å². The standard InChI is InChI=1S/2C13H9.2C7H9Si.2C5H5.2ClH.2Hf/c2*1-3-7-12-10(5-1)9-11-6-2-4-8-13(11)12;2*1-8-7-5-3-2-4-6-7;2*1-2-4-5-3-1;;;;/h2*1-5,7-8H,9H2;2*2-6,8H,1H3;2*1-3H,4H2;2*1H;;/q2*-1;;;2*-1;;;;/p-2. The number of allylic oxidation sites excluding steroid dienone is 8. The molecule has 4 aliphatic rings. The molecular formula is C50H46Cl2Hf2Si2-6. The van der Waals surface area contributed by atoms with Gasteiger partial charge in [-0.2, -0.15) is 71.8 Å². The van der Waals surface area contributed by atoms with Crippen molar-refractivity contribution in [3.8, 4) is 22.3 Å². The van der Waals surface area contributed by atoms with Crippen LogP contribution in [0, 0.1) is 24.3 Å². The minimum Gasteiger partial charge on any atom is -1.00 e. The molecule has 0 saturated heterocycles. The van der Waals surface area contributed by atoms with Crippen LogP contribution in [0.25, 0.3) is 22.3 Å². The van der Waals surface area contributed by atoms with Gasteiger partial charge in [0.2, 0.25) is 0 Å². The van der Waals surface area contributed by atoms with Crippen molar-refractivity contribution in [3.05, 3.63) is 229 Å². The molecule has 0 saturated carbocycles. The molecular weight excluding hydrogens is 1080 g/mol. The molecule has 10 rings (SSSR count). The Morgan fingerprint density at radius 2 is 0.786 bits per heavy atom. The Morgan fingerprint density at radius 1 is 0.429 bits per heavy atom. The van der Waals surface area contributed by atoms with E-state index in [1.807, 2.05) is 36.4 Å². The van der Waals surface area contributed by atoms with Gasteiger partial charge in [-0.05, 0) is 12.8 Å². The first-order valence-corrected chi connectivity index (χ1v) is 21.5. The van der Waals surface area contributed by atoms with Crippen molar-refractivity contribution in [2.75, 3.05) is 0 Å². The van der Waals surface area contributed by atoms with Crippen molar-refractivity contribution in [1.29, 1.82) is 0 Å². The summed E-state index contributed by atoms with van der Waals surface area (Å²) < 4.78 is 0. The van der Waals surface area contributed by atoms with E-state index < -0.39 is 0 Å². The SMILES string of the molecule is C[SiH]c1ccccc1.C[SiH]c1ccccc1.[C-]1=CC=CC1.[C-]1=CC=CC1.[Cl-].[Cl-].[Hf].[Hf].[c-]1cccc2c1Cc1ccccc1-2.[c-]1cccc2c1Cc1ccccc1-2. The second-order valence-electron chi connectivity index (χ2n) is 12.2. The van der Waals surface area contributed by atoms with E-state index in [2.05, 4.69) is 183 Å². The average Bonchev–Trinajstić information content (AvgIpc) is 4.08. The minimum absolute atomic E-state index is 0. The van der Waals surface area contributed by atoms with Crippen molar-refractivity contribution < 1.29 is 76.5 Å². The Labute approximate surface area is 391 Å². The smallest absolute Gasteiger partial charge is 0.0635 e. The summed E-state index contributed by atoms with van der Waals surface area (Å²) in [6.45, 7) is 4.49. The average molecular weight is 1130 g/mol. The Balaban J connectivity index is 0.000000344. The summed E-state index contributed by atoms with van der Waals surface area (Å²) in [5.74, 6) is 0. The minimum atomic E-state index is 0. The van der Waals surface area contributed by atoms with Gasteiger partial charge in [0, 0.05) is 51.7 Å². The van der Waals surface area contributed by atoms with Crippen molar-refractivity contribution in [2.45, 2.75) is 38.8 Å². The first kappa shape index (κ1) is 51.1. The van der Waals surface area contributed by atoms with Gasteiger partial charge < -0.3 is 24.8 Å². The quantitative estimate of drug-likeness (QED) is 0.179. The van der Waals surface area contributed by atoms with Crippen LogP contribution in [-0.4, -0.2) is 19.0 Å². The van der Waals surface area contributed by atoms with Gasteiger partial charge in [-0.3, -0.25) is 12.2 Å². The molecule has 0 fully saturated rings. The summed E-state index contributed by atoms with van der Waals surface area (Å²) in [5.41, 5.74) is 11.0. The van der Waals surface area contributed by atoms with Gasteiger partial charge in [-0.25, -0.2) is 24.3 Å². The fourth-order valence-electron chi connectivity index (χ4n) is 5.97. The zero-order valence-corrected chi connectivity index (χ0v) is 43.1. The molecule has 0 nitrogen and oxygen atoms in total. The van der Waals surface area contributed by atoms with E-state index in [0.717, 1.165) is 25.7 Å². The molecule has 0 bridgehead atoms. The van der Waals surface area contributed by atoms with Gasteiger partial charge in [0.15, 0.2) is 0 Å². The molecule has 0 aliphatic heterocycles. The Morgan fingerprint density at radius 3 is 1.09 bits per heavy atom. The first-order chi connectivity index (χ1) is 25.8. The number of hydrogen-bond acceptors (Lipinski definition) is 0. The maximum atomic E-state index is 3.30. The number of benzene rings is 6. The van der Waals surface area contributed by atoms with Crippen molar-refractivity contribution in [3.63, 3.8) is 0 Å². The zero-order valence-electron chi connectivity index (χ0n) is 32.1. The van der Waals surface area contributed by atoms with Crippen molar-refractivity contribution in [1.82, 2.24) is 0 Å². The van der Waals surface area contributed by atoms with E-state index >= 15 is 0 Å². The summed E-state index contributed by atoms with van der Waals surface area (Å²) in [4.78, 5) is 0. The number of rotatable bonds is 2. The fraction of sp³-hybridized carbons (Fsp3) is 0.120. The largest absolute Gasteiger partial charge is 1.00 e. The monoisotopic (exact) mass is 1130 g/mol. The molecule has 0 spiro atoms. The normalized spacial score (nSPS) is 11.5. The summed E-state index contributed by atoms with van der Waals surface area (Å²) in [5, 5.41) is 2.99. The van der Waals surface area contributed by atoms with Crippen LogP contribution in [0.3, 0.4) is 0 Å². The van der Waals surface area contributed by atoms with Crippen LogP contribution in [0.4, 0.5) is 0 Å². The Kier molecular flexibility index (Phi) is 27.5. The van der Waals surface area contributed by atoms with E-state index in [-0.39, 0.29) is 76.5 Å². The van der Waals surface area contributed by atoms with Crippen LogP contribution in [0.2, 0.25) is 13.1 Å². The van der Waals surface area contributed by atoms with Gasteiger partial charge in [0.1, 0.15) is 0 Å². The van der Waals surface area contributed by atoms with Crippen LogP contribution < -0.4 is 35.2 Å². The molecule has 0 atom stereocenters. The maximum absolute atomic E-state index is 3.30. The molecule has 6 aromatic rings. The Hall–Kier alpha value is -2.97. The Bertz CT molecular complexity index is 1820. The first-order valence-electron chi connectivity index (χ1n) is 18.0. The second kappa shape index (κ2) is 30.2. The maximum Gasteiger partial charge on any atom is 0.0635 e. The molecule has 6 aromatic carbocycles. The predicted octanol–water partition coefficient (Wildman–Crippen LogP) is 4.32. The van der Waals surface area contributed by atoms with Crippen molar-refractivity contribution in [2.24, 2.45) is 0 Å². The molecule has 0 aromatic heterocycles. The number of halogens is 2. The van der Waals surface area contributed by atoms with Crippen LogP contribution in [0.1, 0.15) is 35.1 Å². The third-order valence-corrected chi connectivity index (χ3v) is 10.8. The summed E-state index contributed by atoms with van der Waals surface area (Å²) in [7, 11) is 1.02. The second-order valence-corrected chi connectivity index (χ2v) is 14.7. The van der Waals surface area contributed by atoms with Gasteiger partial charge in [0.05, 0.1) is 19.0 Å². The molecule has 0 N–H and O–H groups in total. The van der Waals surface area contributed by atoms with Gasteiger partial charge >= 0.3 is 0 Å². The van der Waals surface area contributed by atoms with Gasteiger partial charge in [-0.15, -0.1) is 24.0 Å². The summed E-state index contributed by atoms with van der Waals surface area (Å²) >= 11 is 0. The van der Waals surface area contributed by atoms with E-state index in [1.165, 1.54) is 54.9 Å². The molecule has 0 unspecified atom stereocenters. The predicted molar refractivity (Wildman–Crippen MR) is 228 cm³/mol. The van der Waals surface area contributed by atoms with E-state index in [4.69, 9.17) is 0 Å². The molecule has 56 heavy (non-hydrogen) atoms. The fourth-order valence-corrected chi connectivity index (χ4v) is 7.18. The van der Waals surface area contributed by atoms with Crippen LogP contribution >= 0.6 is 0 Å². The zero-order chi connectivity index (χ0) is 36.1. The third-order valence-electron chi connectivity index (χ3n) is 8.67.